The topological polar surface area (TPSA) is 83.1 Å². The first-order valence-electron chi connectivity index (χ1n) is 12.1. The van der Waals surface area contributed by atoms with Crippen molar-refractivity contribution >= 4 is 17.4 Å². The van der Waals surface area contributed by atoms with Crippen LogP contribution in [0.3, 0.4) is 0 Å². The summed E-state index contributed by atoms with van der Waals surface area (Å²) >= 11 is 0. The van der Waals surface area contributed by atoms with Crippen LogP contribution in [0.4, 0.5) is 5.69 Å². The number of aryl methyl sites for hydroxylation is 1. The minimum Gasteiger partial charge on any atom is -0.493 e. The Hall–Kier alpha value is -4.00. The molecule has 0 unspecified atom stereocenters. The molecule has 3 aliphatic rings. The molecule has 0 bridgehead atoms. The number of Topliss-reactive ketones (excluding diaryl/α,β-unsaturated/α-hetero) is 1. The number of hydrogen-bond acceptors (Lipinski definition) is 6. The molecule has 7 heteroatoms. The molecular weight excluding hydrogens is 458 g/mol. The molecule has 6 rings (SSSR count). The number of rotatable bonds is 6. The predicted octanol–water partition coefficient (Wildman–Crippen LogP) is 5.45. The van der Waals surface area contributed by atoms with Crippen molar-refractivity contribution in [2.75, 3.05) is 26.3 Å². The number of benzene rings is 3. The van der Waals surface area contributed by atoms with E-state index < -0.39 is 5.41 Å². The fourth-order valence-electron chi connectivity index (χ4n) is 5.40. The fraction of sp³-hybridized carbons (Fsp3) is 0.310. The van der Waals surface area contributed by atoms with Crippen molar-refractivity contribution in [1.82, 2.24) is 0 Å². The molecule has 0 spiro atoms. The number of hydrogen-bond donors (Lipinski definition) is 1. The summed E-state index contributed by atoms with van der Waals surface area (Å²) in [6, 6.07) is 13.5. The molecule has 1 fully saturated rings. The van der Waals surface area contributed by atoms with Crippen LogP contribution >= 0.6 is 0 Å². The van der Waals surface area contributed by atoms with E-state index in [0.29, 0.717) is 47.1 Å². The van der Waals surface area contributed by atoms with Gasteiger partial charge in [0.25, 0.3) is 0 Å². The number of nitrogens with one attached hydrogen (secondary N) is 1. The van der Waals surface area contributed by atoms with Crippen LogP contribution in [0, 0.1) is 6.92 Å². The number of amides is 1. The lowest BCUT2D eigenvalue weighted by Gasteiger charge is -2.19. The summed E-state index contributed by atoms with van der Waals surface area (Å²) in [5.74, 6) is 2.42. The van der Waals surface area contributed by atoms with Gasteiger partial charge < -0.3 is 24.3 Å². The molecule has 0 aromatic heterocycles. The van der Waals surface area contributed by atoms with Crippen LogP contribution < -0.4 is 24.3 Å². The molecule has 186 valence electrons. The highest BCUT2D eigenvalue weighted by Crippen LogP contribution is 2.51. The fourth-order valence-corrected chi connectivity index (χ4v) is 5.40. The van der Waals surface area contributed by atoms with Crippen LogP contribution in [-0.2, 0) is 16.6 Å². The van der Waals surface area contributed by atoms with E-state index in [9.17, 15) is 9.59 Å². The van der Waals surface area contributed by atoms with Gasteiger partial charge in [0, 0.05) is 13.5 Å². The molecule has 0 atom stereocenters. The Morgan fingerprint density at radius 1 is 0.972 bits per heavy atom. The number of ether oxygens (including phenoxy) is 4. The molecule has 2 aliphatic carbocycles. The lowest BCUT2D eigenvalue weighted by Crippen LogP contribution is -2.27. The summed E-state index contributed by atoms with van der Waals surface area (Å²) in [6.45, 7) is 2.23. The van der Waals surface area contributed by atoms with Crippen molar-refractivity contribution in [2.45, 2.75) is 38.0 Å². The molecule has 1 heterocycles. The van der Waals surface area contributed by atoms with Gasteiger partial charge >= 0.3 is 0 Å². The standard InChI is InChI=1S/C29H27NO6.H2/c1-16-4-6-18(30-28(32)29(10-11-29)17-5-9-23-24(12-17)36-15-35-23)13-20(16)21-14-25(33-2)27(34-3)26-19(21)7-8-22(26)31;/h4-6,9,12-14H,7-8,10-11,15H2,1-3H3,(H,30,32);1H. The molecule has 0 saturated heterocycles. The summed E-state index contributed by atoms with van der Waals surface area (Å²) in [4.78, 5) is 26.2. The highest BCUT2D eigenvalue weighted by Gasteiger charge is 2.51. The van der Waals surface area contributed by atoms with Gasteiger partial charge in [-0.25, -0.2) is 0 Å². The number of methoxy groups -OCH3 is 2. The highest BCUT2D eigenvalue weighted by atomic mass is 16.7. The molecule has 3 aromatic carbocycles. The second-order valence-electron chi connectivity index (χ2n) is 9.57. The predicted molar refractivity (Wildman–Crippen MR) is 137 cm³/mol. The molecule has 1 aliphatic heterocycles. The maximum atomic E-state index is 13.5. The quantitative estimate of drug-likeness (QED) is 0.498. The number of carbonyl (C=O) groups excluding carboxylic acids is 2. The molecule has 7 nitrogen and oxygen atoms in total. The van der Waals surface area contributed by atoms with Crippen molar-refractivity contribution in [3.05, 3.63) is 64.7 Å². The van der Waals surface area contributed by atoms with Crippen molar-refractivity contribution in [3.63, 3.8) is 0 Å². The third-order valence-corrected chi connectivity index (χ3v) is 7.55. The van der Waals surface area contributed by atoms with Gasteiger partial charge in [0.15, 0.2) is 28.8 Å². The Labute approximate surface area is 210 Å². The third kappa shape index (κ3) is 3.41. The van der Waals surface area contributed by atoms with Crippen molar-refractivity contribution in [2.24, 2.45) is 0 Å². The Kier molecular flexibility index (Phi) is 5.18. The smallest absolute Gasteiger partial charge is 0.235 e. The summed E-state index contributed by atoms with van der Waals surface area (Å²) in [6.07, 6.45) is 2.65. The van der Waals surface area contributed by atoms with Crippen LogP contribution in [-0.4, -0.2) is 32.7 Å². The van der Waals surface area contributed by atoms with Crippen molar-refractivity contribution in [3.8, 4) is 34.1 Å². The van der Waals surface area contributed by atoms with Gasteiger partial charge in [-0.15, -0.1) is 0 Å². The summed E-state index contributed by atoms with van der Waals surface area (Å²) in [5.41, 5.74) is 5.56. The van der Waals surface area contributed by atoms with Gasteiger partial charge in [-0.2, -0.15) is 0 Å². The Morgan fingerprint density at radius 2 is 1.78 bits per heavy atom. The zero-order chi connectivity index (χ0) is 25.0. The van der Waals surface area contributed by atoms with Gasteiger partial charge in [0.1, 0.15) is 0 Å². The van der Waals surface area contributed by atoms with E-state index >= 15 is 0 Å². The van der Waals surface area contributed by atoms with Crippen LogP contribution in [0.25, 0.3) is 11.1 Å². The van der Waals surface area contributed by atoms with Crippen molar-refractivity contribution in [1.29, 1.82) is 0 Å². The first-order chi connectivity index (χ1) is 17.4. The monoisotopic (exact) mass is 487 g/mol. The lowest BCUT2D eigenvalue weighted by atomic mass is 9.92. The normalized spacial score (nSPS) is 16.5. The first kappa shape index (κ1) is 22.5. The molecule has 0 radical (unpaired) electrons. The maximum Gasteiger partial charge on any atom is 0.235 e. The van der Waals surface area contributed by atoms with Crippen LogP contribution in [0.5, 0.6) is 23.0 Å². The zero-order valence-electron chi connectivity index (χ0n) is 20.5. The second-order valence-corrected chi connectivity index (χ2v) is 9.57. The maximum absolute atomic E-state index is 13.5. The van der Waals surface area contributed by atoms with E-state index in [1.54, 1.807) is 14.2 Å². The van der Waals surface area contributed by atoms with E-state index in [4.69, 9.17) is 18.9 Å². The van der Waals surface area contributed by atoms with E-state index in [1.807, 2.05) is 49.4 Å². The van der Waals surface area contributed by atoms with E-state index in [0.717, 1.165) is 40.7 Å². The van der Waals surface area contributed by atoms with Gasteiger partial charge in [-0.05, 0) is 84.3 Å². The van der Waals surface area contributed by atoms with Crippen LogP contribution in [0.1, 0.15) is 47.7 Å². The minimum absolute atomic E-state index is 0. The molecule has 36 heavy (non-hydrogen) atoms. The van der Waals surface area contributed by atoms with Gasteiger partial charge in [-0.3, -0.25) is 9.59 Å². The minimum atomic E-state index is -0.566. The number of anilines is 1. The first-order valence-corrected chi connectivity index (χ1v) is 12.1. The summed E-state index contributed by atoms with van der Waals surface area (Å²) < 4.78 is 22.1. The molecule has 1 amide bonds. The number of ketones is 1. The summed E-state index contributed by atoms with van der Waals surface area (Å²) in [5, 5.41) is 3.14. The Morgan fingerprint density at radius 3 is 2.53 bits per heavy atom. The highest BCUT2D eigenvalue weighted by molar-refractivity contribution is 6.06. The molecule has 1 saturated carbocycles. The molecule has 3 aromatic rings. The average Bonchev–Trinajstić information content (AvgIpc) is 3.42. The van der Waals surface area contributed by atoms with E-state index in [2.05, 4.69) is 5.32 Å². The van der Waals surface area contributed by atoms with Crippen LogP contribution in [0.2, 0.25) is 0 Å². The zero-order valence-corrected chi connectivity index (χ0v) is 20.5. The van der Waals surface area contributed by atoms with Crippen LogP contribution in [0.15, 0.2) is 42.5 Å². The van der Waals surface area contributed by atoms with Crippen molar-refractivity contribution < 1.29 is 30.0 Å². The second kappa shape index (κ2) is 8.29. The average molecular weight is 488 g/mol. The Bertz CT molecular complexity index is 1430. The largest absolute Gasteiger partial charge is 0.493 e. The van der Waals surface area contributed by atoms with Gasteiger partial charge in [0.2, 0.25) is 12.7 Å². The summed E-state index contributed by atoms with van der Waals surface area (Å²) in [7, 11) is 3.13. The van der Waals surface area contributed by atoms with Gasteiger partial charge in [0.05, 0.1) is 25.2 Å². The number of fused-ring (bicyclic) bond motifs is 2. The van der Waals surface area contributed by atoms with Gasteiger partial charge in [-0.1, -0.05) is 12.1 Å². The molecular formula is C29H29NO6. The Balaban J connectivity index is 0.00000280. The lowest BCUT2D eigenvalue weighted by molar-refractivity contribution is -0.118. The number of carbonyl (C=O) groups is 2. The van der Waals surface area contributed by atoms with E-state index in [1.165, 1.54) is 0 Å². The third-order valence-electron chi connectivity index (χ3n) is 7.55. The SMILES string of the molecule is COc1cc(-c2cc(NC(=O)C3(c4ccc5c(c4)OCO5)CC3)ccc2C)c2c(c1OC)C(=O)CC2.[HH]. The molecule has 1 N–H and O–H groups in total. The van der Waals surface area contributed by atoms with E-state index in [-0.39, 0.29) is 19.9 Å².